The standard InChI is InChI=1S/C23H30N2O5S2/c1-18(2)22(23(26)27)25(13-12-24-14-16-30-17-15-24)32(28,29)21-10-8-20(9-11-21)31-19-6-4-3-5-7-19/h3-11,18,22H,12-17H2,1-2H3,(H,26,27). The van der Waals surface area contributed by atoms with E-state index < -0.39 is 22.0 Å². The summed E-state index contributed by atoms with van der Waals surface area (Å²) >= 11 is 1.54. The van der Waals surface area contributed by atoms with E-state index in [9.17, 15) is 18.3 Å². The molecule has 0 aliphatic carbocycles. The van der Waals surface area contributed by atoms with Crippen molar-refractivity contribution in [1.29, 1.82) is 0 Å². The molecule has 0 saturated carbocycles. The number of morpholine rings is 1. The van der Waals surface area contributed by atoms with Gasteiger partial charge in [-0.15, -0.1) is 0 Å². The highest BCUT2D eigenvalue weighted by molar-refractivity contribution is 7.99. The molecule has 1 N–H and O–H groups in total. The fraction of sp³-hybridized carbons (Fsp3) is 0.435. The minimum absolute atomic E-state index is 0.101. The zero-order chi connectivity index (χ0) is 23.1. The molecule has 1 atom stereocenters. The number of carbonyl (C=O) groups is 1. The van der Waals surface area contributed by atoms with E-state index in [4.69, 9.17) is 4.74 Å². The van der Waals surface area contributed by atoms with E-state index in [1.165, 1.54) is 11.8 Å². The fourth-order valence-electron chi connectivity index (χ4n) is 3.65. The van der Waals surface area contributed by atoms with Gasteiger partial charge in [0, 0.05) is 36.0 Å². The summed E-state index contributed by atoms with van der Waals surface area (Å²) in [5, 5.41) is 9.83. The second-order valence-electron chi connectivity index (χ2n) is 7.98. The number of hydrogen-bond acceptors (Lipinski definition) is 6. The van der Waals surface area contributed by atoms with Crippen molar-refractivity contribution in [2.45, 2.75) is 34.6 Å². The van der Waals surface area contributed by atoms with E-state index in [0.29, 0.717) is 32.8 Å². The van der Waals surface area contributed by atoms with Crippen LogP contribution in [0.1, 0.15) is 13.8 Å². The number of aliphatic carboxylic acids is 1. The molecule has 0 radical (unpaired) electrons. The minimum atomic E-state index is -4.00. The van der Waals surface area contributed by atoms with Crippen LogP contribution in [0.4, 0.5) is 0 Å². The summed E-state index contributed by atoms with van der Waals surface area (Å²) in [7, 11) is -4.00. The Bertz CT molecular complexity index is 975. The van der Waals surface area contributed by atoms with Crippen molar-refractivity contribution < 1.29 is 23.1 Å². The lowest BCUT2D eigenvalue weighted by Crippen LogP contribution is -2.51. The molecule has 9 heteroatoms. The zero-order valence-electron chi connectivity index (χ0n) is 18.4. The lowest BCUT2D eigenvalue weighted by Gasteiger charge is -2.33. The molecule has 3 rings (SSSR count). The highest BCUT2D eigenvalue weighted by Gasteiger charge is 2.38. The van der Waals surface area contributed by atoms with E-state index >= 15 is 0 Å². The normalized spacial score (nSPS) is 16.4. The van der Waals surface area contributed by atoms with Gasteiger partial charge in [0.25, 0.3) is 0 Å². The Hall–Kier alpha value is -1.91. The van der Waals surface area contributed by atoms with Crippen LogP contribution >= 0.6 is 11.8 Å². The van der Waals surface area contributed by atoms with Gasteiger partial charge in [-0.1, -0.05) is 43.8 Å². The Kier molecular flexibility index (Phi) is 8.72. The van der Waals surface area contributed by atoms with Gasteiger partial charge in [-0.05, 0) is 42.3 Å². The minimum Gasteiger partial charge on any atom is -0.480 e. The van der Waals surface area contributed by atoms with Gasteiger partial charge in [-0.25, -0.2) is 8.42 Å². The molecular formula is C23H30N2O5S2. The number of rotatable bonds is 10. The van der Waals surface area contributed by atoms with E-state index in [2.05, 4.69) is 4.90 Å². The Balaban J connectivity index is 1.83. The van der Waals surface area contributed by atoms with Gasteiger partial charge < -0.3 is 9.84 Å². The third-order valence-electron chi connectivity index (χ3n) is 5.34. The van der Waals surface area contributed by atoms with Crippen LogP contribution in [-0.4, -0.2) is 74.1 Å². The first kappa shape index (κ1) is 24.7. The molecule has 0 spiro atoms. The number of sulfonamides is 1. The molecule has 1 fully saturated rings. The van der Waals surface area contributed by atoms with Crippen molar-refractivity contribution in [2.24, 2.45) is 5.92 Å². The Morgan fingerprint density at radius 1 is 1.06 bits per heavy atom. The maximum absolute atomic E-state index is 13.5. The van der Waals surface area contributed by atoms with E-state index in [-0.39, 0.29) is 17.4 Å². The third-order valence-corrected chi connectivity index (χ3v) is 8.26. The van der Waals surface area contributed by atoms with Crippen LogP contribution in [0.2, 0.25) is 0 Å². The van der Waals surface area contributed by atoms with Gasteiger partial charge in [0.1, 0.15) is 6.04 Å². The fourth-order valence-corrected chi connectivity index (χ4v) is 6.20. The number of carboxylic acid groups (broad SMARTS) is 1. The SMILES string of the molecule is CC(C)C(C(=O)O)N(CCN1CCOCC1)S(=O)(=O)c1ccc(Sc2ccccc2)cc1. The average molecular weight is 479 g/mol. The van der Waals surface area contributed by atoms with Gasteiger partial charge >= 0.3 is 5.97 Å². The lowest BCUT2D eigenvalue weighted by molar-refractivity contribution is -0.143. The number of ether oxygens (including phenoxy) is 1. The molecule has 32 heavy (non-hydrogen) atoms. The molecule has 0 amide bonds. The summed E-state index contributed by atoms with van der Waals surface area (Å²) in [5.74, 6) is -1.51. The summed E-state index contributed by atoms with van der Waals surface area (Å²) in [5.41, 5.74) is 0. The summed E-state index contributed by atoms with van der Waals surface area (Å²) < 4.78 is 33.6. The van der Waals surface area contributed by atoms with Crippen LogP contribution < -0.4 is 0 Å². The van der Waals surface area contributed by atoms with E-state index in [0.717, 1.165) is 14.1 Å². The molecule has 1 aliphatic rings. The molecule has 7 nitrogen and oxygen atoms in total. The molecule has 1 saturated heterocycles. The largest absolute Gasteiger partial charge is 0.480 e. The first-order valence-corrected chi connectivity index (χ1v) is 12.9. The van der Waals surface area contributed by atoms with E-state index in [1.54, 1.807) is 38.1 Å². The quantitative estimate of drug-likeness (QED) is 0.561. The van der Waals surface area contributed by atoms with Gasteiger partial charge in [-0.3, -0.25) is 9.69 Å². The summed E-state index contributed by atoms with van der Waals surface area (Å²) in [4.78, 5) is 16.2. The van der Waals surface area contributed by atoms with Gasteiger partial charge in [0.2, 0.25) is 10.0 Å². The first-order chi connectivity index (χ1) is 15.3. The topological polar surface area (TPSA) is 87.2 Å². The molecule has 2 aromatic carbocycles. The van der Waals surface area contributed by atoms with Crippen molar-refractivity contribution in [3.8, 4) is 0 Å². The molecule has 2 aromatic rings. The molecule has 1 heterocycles. The molecule has 0 aromatic heterocycles. The van der Waals surface area contributed by atoms with Crippen LogP contribution in [0.5, 0.6) is 0 Å². The number of carboxylic acids is 1. The Morgan fingerprint density at radius 3 is 2.22 bits per heavy atom. The monoisotopic (exact) mass is 478 g/mol. The van der Waals surface area contributed by atoms with Crippen LogP contribution in [0, 0.1) is 5.92 Å². The van der Waals surface area contributed by atoms with Crippen molar-refractivity contribution in [3.05, 3.63) is 54.6 Å². The van der Waals surface area contributed by atoms with Gasteiger partial charge in [0.05, 0.1) is 18.1 Å². The molecule has 0 bridgehead atoms. The summed E-state index contributed by atoms with van der Waals surface area (Å²) in [6.45, 7) is 6.64. The molecule has 1 aliphatic heterocycles. The lowest BCUT2D eigenvalue weighted by atomic mass is 10.0. The van der Waals surface area contributed by atoms with E-state index in [1.807, 2.05) is 30.3 Å². The average Bonchev–Trinajstić information content (AvgIpc) is 2.77. The number of benzene rings is 2. The Morgan fingerprint density at radius 2 is 1.66 bits per heavy atom. The first-order valence-electron chi connectivity index (χ1n) is 10.7. The zero-order valence-corrected chi connectivity index (χ0v) is 20.0. The van der Waals surface area contributed by atoms with Crippen LogP contribution in [0.25, 0.3) is 0 Å². The second-order valence-corrected chi connectivity index (χ2v) is 11.0. The number of hydrogen-bond donors (Lipinski definition) is 1. The highest BCUT2D eigenvalue weighted by Crippen LogP contribution is 2.29. The summed E-state index contributed by atoms with van der Waals surface area (Å²) in [6, 6.07) is 15.3. The van der Waals surface area contributed by atoms with Crippen molar-refractivity contribution in [3.63, 3.8) is 0 Å². The maximum atomic E-state index is 13.5. The van der Waals surface area contributed by atoms with Crippen molar-refractivity contribution >= 4 is 27.8 Å². The smallest absolute Gasteiger partial charge is 0.322 e. The van der Waals surface area contributed by atoms with Crippen molar-refractivity contribution in [1.82, 2.24) is 9.21 Å². The van der Waals surface area contributed by atoms with Crippen molar-refractivity contribution in [2.75, 3.05) is 39.4 Å². The van der Waals surface area contributed by atoms with Gasteiger partial charge in [0.15, 0.2) is 0 Å². The van der Waals surface area contributed by atoms with Crippen LogP contribution in [-0.2, 0) is 19.6 Å². The predicted molar refractivity (Wildman–Crippen MR) is 124 cm³/mol. The van der Waals surface area contributed by atoms with Gasteiger partial charge in [-0.2, -0.15) is 4.31 Å². The second kappa shape index (κ2) is 11.3. The molecule has 174 valence electrons. The third kappa shape index (κ3) is 6.32. The predicted octanol–water partition coefficient (Wildman–Crippen LogP) is 3.27. The number of nitrogens with zero attached hydrogens (tertiary/aromatic N) is 2. The highest BCUT2D eigenvalue weighted by atomic mass is 32.2. The maximum Gasteiger partial charge on any atom is 0.322 e. The van der Waals surface area contributed by atoms with Crippen LogP contribution in [0.3, 0.4) is 0 Å². The Labute approximate surface area is 194 Å². The summed E-state index contributed by atoms with van der Waals surface area (Å²) in [6.07, 6.45) is 0. The molecule has 1 unspecified atom stereocenters. The van der Waals surface area contributed by atoms with Crippen LogP contribution in [0.15, 0.2) is 69.3 Å². The molecular weight excluding hydrogens is 448 g/mol.